The van der Waals surface area contributed by atoms with E-state index in [2.05, 4.69) is 6.92 Å². The van der Waals surface area contributed by atoms with Gasteiger partial charge in [-0.1, -0.05) is 6.92 Å². The first-order valence-electron chi connectivity index (χ1n) is 6.45. The first kappa shape index (κ1) is 16.3. The molecular weight excluding hydrogens is 324 g/mol. The van der Waals surface area contributed by atoms with Crippen molar-refractivity contribution in [3.05, 3.63) is 46.2 Å². The van der Waals surface area contributed by atoms with E-state index in [1.165, 1.54) is 34.2 Å². The Morgan fingerprint density at radius 3 is 2.33 bits per heavy atom. The Morgan fingerprint density at radius 1 is 1.14 bits per heavy atom. The Kier molecular flexibility index (Phi) is 5.24. The maximum atomic E-state index is 12.1. The molecule has 1 aromatic heterocycles. The van der Waals surface area contributed by atoms with Crippen molar-refractivity contribution in [3.63, 3.8) is 0 Å². The third-order valence-electron chi connectivity index (χ3n) is 2.91. The van der Waals surface area contributed by atoms with Gasteiger partial charge in [-0.05, 0) is 42.8 Å². The fourth-order valence-corrected chi connectivity index (χ4v) is 4.11. The topological polar surface area (TPSA) is 51.2 Å². The van der Waals surface area contributed by atoms with Gasteiger partial charge in [-0.2, -0.15) is 0 Å². The van der Waals surface area contributed by atoms with Crippen LogP contribution in [0, 0.1) is 0 Å². The van der Waals surface area contributed by atoms with Gasteiger partial charge in [-0.15, -0.1) is 23.1 Å². The summed E-state index contributed by atoms with van der Waals surface area (Å²) in [6.45, 7) is 2.07. The lowest BCUT2D eigenvalue weighted by atomic mass is 10.3. The number of thiophene rings is 1. The van der Waals surface area contributed by atoms with Crippen LogP contribution < -0.4 is 0 Å². The van der Waals surface area contributed by atoms with Crippen molar-refractivity contribution in [2.75, 3.05) is 12.0 Å². The average molecular weight is 340 g/mol. The van der Waals surface area contributed by atoms with Crippen LogP contribution in [0.2, 0.25) is 0 Å². The van der Waals surface area contributed by atoms with Crippen LogP contribution in [-0.4, -0.2) is 26.2 Å². The van der Waals surface area contributed by atoms with Crippen LogP contribution in [0.4, 0.5) is 0 Å². The Bertz CT molecular complexity index is 728. The molecule has 1 heterocycles. The number of Topliss-reactive ketones (excluding diaryl/α,β-unsaturated/α-hetero) is 1. The van der Waals surface area contributed by atoms with Gasteiger partial charge in [0.15, 0.2) is 15.6 Å². The summed E-state index contributed by atoms with van der Waals surface area (Å²) in [6.07, 6.45) is 2.12. The molecule has 0 saturated carbocycles. The summed E-state index contributed by atoms with van der Waals surface area (Å²) in [7, 11) is -3.17. The van der Waals surface area contributed by atoms with Gasteiger partial charge >= 0.3 is 0 Å². The van der Waals surface area contributed by atoms with Crippen molar-refractivity contribution in [3.8, 4) is 0 Å². The number of carbonyl (C=O) groups is 1. The number of thioether (sulfide) groups is 1. The quantitative estimate of drug-likeness (QED) is 0.594. The highest BCUT2D eigenvalue weighted by Crippen LogP contribution is 2.24. The first-order chi connectivity index (χ1) is 9.90. The van der Waals surface area contributed by atoms with E-state index in [-0.39, 0.29) is 5.78 Å². The van der Waals surface area contributed by atoms with Crippen LogP contribution in [0.1, 0.15) is 21.5 Å². The number of benzene rings is 1. The molecule has 0 spiro atoms. The summed E-state index contributed by atoms with van der Waals surface area (Å²) in [5, 5.41) is 0. The molecule has 2 rings (SSSR count). The SMILES string of the molecule is CCc1ccc(C(=O)CSc2ccc(S(C)(=O)=O)cc2)s1. The van der Waals surface area contributed by atoms with Gasteiger partial charge in [0.2, 0.25) is 0 Å². The summed E-state index contributed by atoms with van der Waals surface area (Å²) in [6, 6.07) is 10.5. The van der Waals surface area contributed by atoms with Gasteiger partial charge in [0, 0.05) is 16.0 Å². The van der Waals surface area contributed by atoms with Gasteiger partial charge in [0.25, 0.3) is 0 Å². The van der Waals surface area contributed by atoms with Crippen LogP contribution in [0.5, 0.6) is 0 Å². The molecule has 112 valence electrons. The number of sulfone groups is 1. The van der Waals surface area contributed by atoms with E-state index in [1.54, 1.807) is 24.3 Å². The highest BCUT2D eigenvalue weighted by atomic mass is 32.2. The number of hydrogen-bond donors (Lipinski definition) is 0. The predicted octanol–water partition coefficient (Wildman–Crippen LogP) is 3.69. The molecule has 0 amide bonds. The number of ketones is 1. The van der Waals surface area contributed by atoms with Gasteiger partial charge in [0.05, 0.1) is 15.5 Å². The molecule has 0 N–H and O–H groups in total. The van der Waals surface area contributed by atoms with E-state index in [0.29, 0.717) is 10.6 Å². The Balaban J connectivity index is 1.98. The van der Waals surface area contributed by atoms with E-state index in [1.807, 2.05) is 12.1 Å². The van der Waals surface area contributed by atoms with Crippen molar-refractivity contribution in [2.45, 2.75) is 23.1 Å². The largest absolute Gasteiger partial charge is 0.292 e. The van der Waals surface area contributed by atoms with Crippen LogP contribution in [0.3, 0.4) is 0 Å². The van der Waals surface area contributed by atoms with Crippen LogP contribution in [-0.2, 0) is 16.3 Å². The molecule has 0 aliphatic rings. The molecule has 2 aromatic rings. The number of aryl methyl sites for hydroxylation is 1. The Hall–Kier alpha value is -1.11. The molecule has 3 nitrogen and oxygen atoms in total. The molecule has 1 aromatic carbocycles. The third-order valence-corrected chi connectivity index (χ3v) is 6.32. The van der Waals surface area contributed by atoms with Crippen LogP contribution in [0.15, 0.2) is 46.2 Å². The molecule has 6 heteroatoms. The predicted molar refractivity (Wildman–Crippen MR) is 88.3 cm³/mol. The van der Waals surface area contributed by atoms with Crippen LogP contribution in [0.25, 0.3) is 0 Å². The third kappa shape index (κ3) is 4.43. The Morgan fingerprint density at radius 2 is 1.81 bits per heavy atom. The van der Waals surface area contributed by atoms with E-state index in [9.17, 15) is 13.2 Å². The second-order valence-corrected chi connectivity index (χ2v) is 8.81. The maximum absolute atomic E-state index is 12.1. The van der Waals surface area contributed by atoms with Gasteiger partial charge in [0.1, 0.15) is 0 Å². The first-order valence-corrected chi connectivity index (χ1v) is 10.1. The van der Waals surface area contributed by atoms with E-state index in [0.717, 1.165) is 16.2 Å². The number of rotatable bonds is 6. The molecule has 0 unspecified atom stereocenters. The molecule has 0 aliphatic heterocycles. The lowest BCUT2D eigenvalue weighted by Gasteiger charge is -2.02. The van der Waals surface area contributed by atoms with Gasteiger partial charge < -0.3 is 0 Å². The van der Waals surface area contributed by atoms with E-state index >= 15 is 0 Å². The summed E-state index contributed by atoms with van der Waals surface area (Å²) in [5.74, 6) is 0.471. The van der Waals surface area contributed by atoms with Crippen molar-refractivity contribution in [1.29, 1.82) is 0 Å². The van der Waals surface area contributed by atoms with Crippen molar-refractivity contribution < 1.29 is 13.2 Å². The highest BCUT2D eigenvalue weighted by molar-refractivity contribution is 8.00. The average Bonchev–Trinajstić information content (AvgIpc) is 2.93. The standard InChI is InChI=1S/C15H16O3S3/c1-3-11-6-9-15(20-11)14(16)10-19-12-4-7-13(8-5-12)21(2,17)18/h4-9H,3,10H2,1-2H3. The summed E-state index contributed by atoms with van der Waals surface area (Å²) < 4.78 is 22.7. The second kappa shape index (κ2) is 6.77. The minimum absolute atomic E-state index is 0.108. The van der Waals surface area contributed by atoms with Gasteiger partial charge in [-0.25, -0.2) is 8.42 Å². The number of hydrogen-bond acceptors (Lipinski definition) is 5. The van der Waals surface area contributed by atoms with E-state index in [4.69, 9.17) is 0 Å². The maximum Gasteiger partial charge on any atom is 0.182 e. The van der Waals surface area contributed by atoms with Crippen molar-refractivity contribution in [2.24, 2.45) is 0 Å². The van der Waals surface area contributed by atoms with Gasteiger partial charge in [-0.3, -0.25) is 4.79 Å². The normalized spacial score (nSPS) is 11.5. The van der Waals surface area contributed by atoms with Crippen LogP contribution >= 0.6 is 23.1 Å². The fourth-order valence-electron chi connectivity index (χ4n) is 1.72. The fraction of sp³-hybridized carbons (Fsp3) is 0.267. The van der Waals surface area contributed by atoms with Crippen molar-refractivity contribution >= 4 is 38.7 Å². The highest BCUT2D eigenvalue weighted by Gasteiger charge is 2.10. The monoisotopic (exact) mass is 340 g/mol. The lowest BCUT2D eigenvalue weighted by molar-refractivity contribution is 0.102. The zero-order chi connectivity index (χ0) is 15.5. The molecule has 0 atom stereocenters. The minimum Gasteiger partial charge on any atom is -0.292 e. The zero-order valence-corrected chi connectivity index (χ0v) is 14.3. The molecule has 0 radical (unpaired) electrons. The molecule has 0 bridgehead atoms. The molecule has 0 saturated heterocycles. The molecular formula is C15H16O3S3. The smallest absolute Gasteiger partial charge is 0.182 e. The summed E-state index contributed by atoms with van der Waals surface area (Å²) in [4.78, 5) is 15.2. The number of carbonyl (C=O) groups excluding carboxylic acids is 1. The summed E-state index contributed by atoms with van der Waals surface area (Å²) >= 11 is 2.96. The molecule has 0 fully saturated rings. The Labute approximate surface area is 133 Å². The summed E-state index contributed by atoms with van der Waals surface area (Å²) in [5.41, 5.74) is 0. The molecule has 21 heavy (non-hydrogen) atoms. The molecule has 0 aliphatic carbocycles. The minimum atomic E-state index is -3.17. The zero-order valence-electron chi connectivity index (χ0n) is 11.8. The van der Waals surface area contributed by atoms with E-state index < -0.39 is 9.84 Å². The lowest BCUT2D eigenvalue weighted by Crippen LogP contribution is -1.99. The second-order valence-electron chi connectivity index (χ2n) is 4.57. The van der Waals surface area contributed by atoms with Crippen molar-refractivity contribution in [1.82, 2.24) is 0 Å².